The summed E-state index contributed by atoms with van der Waals surface area (Å²) in [5.74, 6) is 1.86. The molecule has 0 amide bonds. The van der Waals surface area contributed by atoms with Gasteiger partial charge in [-0.3, -0.25) is 0 Å². The van der Waals surface area contributed by atoms with Gasteiger partial charge in [-0.1, -0.05) is 228 Å². The van der Waals surface area contributed by atoms with E-state index in [9.17, 15) is 0 Å². The van der Waals surface area contributed by atoms with Gasteiger partial charge < -0.3 is 0 Å². The van der Waals surface area contributed by atoms with Crippen molar-refractivity contribution in [2.45, 2.75) is 314 Å². The molecule has 430 valence electrons. The second-order valence-electron chi connectivity index (χ2n) is 24.7. The summed E-state index contributed by atoms with van der Waals surface area (Å²) < 4.78 is 11.5. The van der Waals surface area contributed by atoms with E-state index in [2.05, 4.69) is 130 Å². The monoisotopic (exact) mass is 1250 g/mol. The van der Waals surface area contributed by atoms with E-state index in [0.29, 0.717) is 0 Å². The number of rotatable bonds is 45. The zero-order valence-electron chi connectivity index (χ0n) is 49.7. The molecule has 0 aliphatic rings. The topological polar surface area (TPSA) is 0 Å². The Hall–Kier alpha value is -0.221. The second-order valence-corrected chi connectivity index (χ2v) is 46.6. The Labute approximate surface area is 498 Å². The van der Waals surface area contributed by atoms with Crippen molar-refractivity contribution in [3.05, 3.63) is 40.3 Å². The molecular weight excluding hydrogens is 1140 g/mol. The van der Waals surface area contributed by atoms with E-state index in [1.54, 1.807) is 56.9 Å². The van der Waals surface area contributed by atoms with Crippen LogP contribution >= 0.6 is 68.0 Å². The molecule has 7 heteroatoms. The molecule has 2 atom stereocenters. The summed E-state index contributed by atoms with van der Waals surface area (Å²) in [4.78, 5) is 15.5. The van der Waals surface area contributed by atoms with Crippen LogP contribution in [0.4, 0.5) is 0 Å². The van der Waals surface area contributed by atoms with Gasteiger partial charge in [0.2, 0.25) is 0 Å². The normalized spacial score (nSPS) is 13.1. The van der Waals surface area contributed by atoms with Crippen LogP contribution < -0.4 is 2.89 Å². The average molecular weight is 1250 g/mol. The molecule has 6 heterocycles. The van der Waals surface area contributed by atoms with Gasteiger partial charge in [-0.25, -0.2) is 0 Å². The van der Waals surface area contributed by atoms with Crippen LogP contribution in [0.3, 0.4) is 0 Å². The SMILES string of the molecule is C.CCCCCCCCCCC(CCCCCCCC)CCCCc1c(-c2ccc(C)s2)sc2c1sc1c3sc(-c4cc[c]([Sn]([CH3])([CH3])[CH3])s4)c(CCCCC(CCCCCCCC)CCCCCCCCCC)c3sc21. The first-order valence-corrected chi connectivity index (χ1v) is 47.1. The molecule has 0 N–H and O–H groups in total. The van der Waals surface area contributed by atoms with E-state index in [0.717, 1.165) is 11.8 Å². The van der Waals surface area contributed by atoms with E-state index in [1.165, 1.54) is 267 Å². The predicted octanol–water partition coefficient (Wildman–Crippen LogP) is 27.6. The van der Waals surface area contributed by atoms with Crippen LogP contribution in [0.5, 0.6) is 0 Å². The van der Waals surface area contributed by atoms with Crippen LogP contribution in [-0.2, 0) is 12.8 Å². The Morgan fingerprint density at radius 2 is 0.632 bits per heavy atom. The van der Waals surface area contributed by atoms with Crippen LogP contribution in [0, 0.1) is 18.8 Å². The summed E-state index contributed by atoms with van der Waals surface area (Å²) in [6.07, 6.45) is 56.9. The molecule has 0 aliphatic heterocycles. The molecule has 0 saturated carbocycles. The van der Waals surface area contributed by atoms with E-state index in [4.69, 9.17) is 0 Å². The van der Waals surface area contributed by atoms with Crippen molar-refractivity contribution in [3.63, 3.8) is 0 Å². The maximum absolute atomic E-state index is 2.60. The van der Waals surface area contributed by atoms with Crippen molar-refractivity contribution in [1.82, 2.24) is 0 Å². The van der Waals surface area contributed by atoms with Gasteiger partial charge in [-0.2, -0.15) is 0 Å². The number of unbranched alkanes of at least 4 members (excludes halogenated alkanes) is 26. The van der Waals surface area contributed by atoms with Crippen molar-refractivity contribution in [1.29, 1.82) is 0 Å². The third-order valence-electron chi connectivity index (χ3n) is 16.9. The number of aryl methyl sites for hydroxylation is 3. The van der Waals surface area contributed by atoms with Crippen LogP contribution in [0.25, 0.3) is 47.7 Å². The molecule has 0 saturated heterocycles. The number of hydrogen-bond acceptors (Lipinski definition) is 6. The molecule has 0 aliphatic carbocycles. The van der Waals surface area contributed by atoms with Gasteiger partial charge in [0.25, 0.3) is 0 Å². The van der Waals surface area contributed by atoms with Crippen molar-refractivity contribution >= 4 is 117 Å². The molecule has 0 radical (unpaired) electrons. The quantitative estimate of drug-likeness (QED) is 0.0264. The third-order valence-corrected chi connectivity index (χ3v) is 34.5. The number of fused-ring (bicyclic) bond motifs is 5. The van der Waals surface area contributed by atoms with E-state index >= 15 is 0 Å². The first-order chi connectivity index (χ1) is 36.7. The maximum atomic E-state index is 2.60. The summed E-state index contributed by atoms with van der Waals surface area (Å²) in [5.41, 5.74) is 3.40. The molecule has 6 aromatic rings. The van der Waals surface area contributed by atoms with E-state index < -0.39 is 18.4 Å². The van der Waals surface area contributed by atoms with Crippen molar-refractivity contribution in [3.8, 4) is 19.5 Å². The zero-order chi connectivity index (χ0) is 53.1. The van der Waals surface area contributed by atoms with Gasteiger partial charge >= 0.3 is 234 Å². The minimum atomic E-state index is -2.19. The van der Waals surface area contributed by atoms with Crippen molar-refractivity contribution in [2.24, 2.45) is 11.8 Å². The second kappa shape index (κ2) is 37.8. The van der Waals surface area contributed by atoms with E-state index in [-0.39, 0.29) is 7.43 Å². The molecule has 0 bridgehead atoms. The Morgan fingerprint density at radius 1 is 0.329 bits per heavy atom. The molecule has 0 aromatic carbocycles. The first kappa shape index (κ1) is 66.6. The van der Waals surface area contributed by atoms with Gasteiger partial charge in [0, 0.05) is 4.88 Å². The summed E-state index contributed by atoms with van der Waals surface area (Å²) in [5, 5.41) is 0. The number of thiophene rings is 6. The van der Waals surface area contributed by atoms with Gasteiger partial charge in [0.15, 0.2) is 0 Å². The van der Waals surface area contributed by atoms with Crippen LogP contribution in [0.2, 0.25) is 14.8 Å². The summed E-state index contributed by atoms with van der Waals surface area (Å²) in [6.45, 7) is 11.7. The van der Waals surface area contributed by atoms with E-state index in [1.807, 2.05) is 11.3 Å². The van der Waals surface area contributed by atoms with Gasteiger partial charge in [-0.05, 0) is 25.0 Å². The standard InChI is InChI=1S/C65H101S6.CH4.3CH3.Sn/c1-6-10-14-18-22-24-28-32-41-52(39-30-26-20-16-12-8-3)43-34-36-45-54-58(56-47-38-50-66-56)68-62-60(54)70-65-63-61(71-64(62)65)55(59(69-63)57-49-48-51(5)67-57)46-37-35-44-53(40-31-27-21-17-13-9-4)42-33-29-25-23-19-15-11-7-2;;;;;/h38,47-49,52-53H,6-37,39-46H2,1-5H3;1H4;3*1H3;. The average Bonchev–Trinajstić information content (AvgIpc) is 4.28. The van der Waals surface area contributed by atoms with Crippen molar-refractivity contribution < 1.29 is 0 Å². The molecule has 6 aromatic heterocycles. The fourth-order valence-electron chi connectivity index (χ4n) is 12.2. The molecular formula is C69H114S6Sn. The molecule has 0 nitrogen and oxygen atoms in total. The molecule has 0 spiro atoms. The zero-order valence-corrected chi connectivity index (χ0v) is 57.5. The Bertz CT molecular complexity index is 2400. The fraction of sp³-hybridized carbons (Fsp3) is 0.739. The Kier molecular flexibility index (Phi) is 33.1. The van der Waals surface area contributed by atoms with Gasteiger partial charge in [0.1, 0.15) is 0 Å². The van der Waals surface area contributed by atoms with Gasteiger partial charge in [-0.15, -0.1) is 11.3 Å². The van der Waals surface area contributed by atoms with Gasteiger partial charge in [0.05, 0.1) is 0 Å². The Morgan fingerprint density at radius 3 is 0.947 bits per heavy atom. The summed E-state index contributed by atoms with van der Waals surface area (Å²) in [7, 11) is 0. The molecule has 76 heavy (non-hydrogen) atoms. The number of hydrogen-bond donors (Lipinski definition) is 0. The minimum absolute atomic E-state index is 0. The molecule has 6 rings (SSSR count). The molecule has 0 fully saturated rings. The Balaban J connectivity index is 0.0000107. The van der Waals surface area contributed by atoms with Crippen molar-refractivity contribution in [2.75, 3.05) is 0 Å². The predicted molar refractivity (Wildman–Crippen MR) is 364 cm³/mol. The first-order valence-electron chi connectivity index (χ1n) is 32.3. The fourth-order valence-corrected chi connectivity index (χ4v) is 25.9. The summed E-state index contributed by atoms with van der Waals surface area (Å²) in [6, 6.07) is 9.88. The third kappa shape index (κ3) is 21.8. The van der Waals surface area contributed by atoms with Crippen LogP contribution in [-0.4, -0.2) is 18.4 Å². The summed E-state index contributed by atoms with van der Waals surface area (Å²) >= 11 is 10.7. The molecule has 2 unspecified atom stereocenters. The van der Waals surface area contributed by atoms with Crippen LogP contribution in [0.15, 0.2) is 24.3 Å². The van der Waals surface area contributed by atoms with Crippen LogP contribution in [0.1, 0.15) is 295 Å².